The number of nitrogens with zero attached hydrogens (tertiary/aromatic N) is 4. The normalized spacial score (nSPS) is 22.8. The quantitative estimate of drug-likeness (QED) is 0.725. The van der Waals surface area contributed by atoms with Crippen LogP contribution in [0.25, 0.3) is 0 Å². The van der Waals surface area contributed by atoms with Crippen LogP contribution >= 0.6 is 11.6 Å². The largest absolute Gasteiger partial charge is 0.479 e. The van der Waals surface area contributed by atoms with Crippen LogP contribution in [0, 0.1) is 5.41 Å². The summed E-state index contributed by atoms with van der Waals surface area (Å²) in [5.74, 6) is 0.613. The van der Waals surface area contributed by atoms with Gasteiger partial charge in [-0.25, -0.2) is 0 Å². The minimum Gasteiger partial charge on any atom is -0.479 e. The van der Waals surface area contributed by atoms with Crippen LogP contribution in [0.2, 0.25) is 5.02 Å². The third-order valence-electron chi connectivity index (χ3n) is 5.92. The van der Waals surface area contributed by atoms with E-state index in [0.29, 0.717) is 23.2 Å². The number of halogens is 1. The molecule has 4 rings (SSSR count). The molecule has 0 radical (unpaired) electrons. The molecule has 2 aliphatic heterocycles. The third-order valence-corrected chi connectivity index (χ3v) is 6.15. The van der Waals surface area contributed by atoms with Crippen molar-refractivity contribution in [3.63, 3.8) is 0 Å². The number of ether oxygens (including phenoxy) is 1. The number of benzene rings is 1. The maximum Gasteiger partial charge on any atom is 0.263 e. The summed E-state index contributed by atoms with van der Waals surface area (Å²) in [7, 11) is 2.17. The van der Waals surface area contributed by atoms with E-state index in [1.165, 1.54) is 5.01 Å². The summed E-state index contributed by atoms with van der Waals surface area (Å²) in [6.45, 7) is 6.11. The number of piperazine rings is 1. The van der Waals surface area contributed by atoms with Gasteiger partial charge in [0.05, 0.1) is 12.3 Å². The third kappa shape index (κ3) is 3.71. The molecule has 0 bridgehead atoms. The monoisotopic (exact) mass is 390 g/mol. The molecule has 1 saturated carbocycles. The van der Waals surface area contributed by atoms with E-state index in [-0.39, 0.29) is 5.91 Å². The van der Waals surface area contributed by atoms with Gasteiger partial charge in [0.15, 0.2) is 0 Å². The molecule has 1 aromatic rings. The number of hydrogen-bond acceptors (Lipinski definition) is 5. The summed E-state index contributed by atoms with van der Waals surface area (Å²) in [6, 6.07) is 7.26. The first-order chi connectivity index (χ1) is 13.1. The van der Waals surface area contributed by atoms with Gasteiger partial charge in [-0.05, 0) is 44.5 Å². The Labute approximate surface area is 165 Å². The van der Waals surface area contributed by atoms with Gasteiger partial charge < -0.3 is 14.5 Å². The molecule has 0 atom stereocenters. The first-order valence-corrected chi connectivity index (χ1v) is 10.2. The second-order valence-corrected chi connectivity index (χ2v) is 8.22. The predicted octanol–water partition coefficient (Wildman–Crippen LogP) is 2.82. The van der Waals surface area contributed by atoms with Crippen molar-refractivity contribution in [3.05, 3.63) is 29.3 Å². The standard InChI is InChI=1S/C20H27ClN4O2/c1-23-10-12-24(13-11-23)9-4-14-27-18-20(7-3-8-20)19(26)25(22-18)17-6-2-5-16(21)15-17/h2,5-6,15H,3-4,7-14H2,1H3. The molecular formula is C20H27ClN4O2. The van der Waals surface area contributed by atoms with Crippen LogP contribution in [0.5, 0.6) is 0 Å². The molecule has 7 heteroatoms. The molecule has 146 valence electrons. The predicted molar refractivity (Wildman–Crippen MR) is 107 cm³/mol. The van der Waals surface area contributed by atoms with Crippen LogP contribution in [0.4, 0.5) is 5.69 Å². The van der Waals surface area contributed by atoms with E-state index in [4.69, 9.17) is 16.3 Å². The maximum atomic E-state index is 13.0. The summed E-state index contributed by atoms with van der Waals surface area (Å²) in [6.07, 6.45) is 3.63. The lowest BCUT2D eigenvalue weighted by Crippen LogP contribution is -2.46. The minimum atomic E-state index is -0.545. The van der Waals surface area contributed by atoms with Crippen molar-refractivity contribution in [3.8, 4) is 0 Å². The Kier molecular flexibility index (Phi) is 5.39. The van der Waals surface area contributed by atoms with E-state index >= 15 is 0 Å². The van der Waals surface area contributed by atoms with Crippen molar-refractivity contribution < 1.29 is 9.53 Å². The van der Waals surface area contributed by atoms with Gasteiger partial charge in [0, 0.05) is 37.7 Å². The van der Waals surface area contributed by atoms with Gasteiger partial charge in [-0.1, -0.05) is 24.1 Å². The Balaban J connectivity index is 1.37. The number of anilines is 1. The molecule has 1 saturated heterocycles. The topological polar surface area (TPSA) is 48.4 Å². The van der Waals surface area contributed by atoms with E-state index in [0.717, 1.165) is 58.4 Å². The van der Waals surface area contributed by atoms with E-state index in [1.54, 1.807) is 12.1 Å². The fraction of sp³-hybridized carbons (Fsp3) is 0.600. The molecule has 2 heterocycles. The highest BCUT2D eigenvalue weighted by Gasteiger charge is 2.57. The lowest BCUT2D eigenvalue weighted by atomic mass is 9.68. The van der Waals surface area contributed by atoms with Crippen LogP contribution in [-0.4, -0.2) is 68.0 Å². The van der Waals surface area contributed by atoms with Crippen molar-refractivity contribution in [2.75, 3.05) is 51.4 Å². The van der Waals surface area contributed by atoms with Gasteiger partial charge in [0.1, 0.15) is 5.41 Å². The Morgan fingerprint density at radius 2 is 2.00 bits per heavy atom. The number of likely N-dealkylation sites (N-methyl/N-ethyl adjacent to an activating group) is 1. The van der Waals surface area contributed by atoms with Gasteiger partial charge in [-0.3, -0.25) is 4.79 Å². The van der Waals surface area contributed by atoms with Gasteiger partial charge in [0.25, 0.3) is 5.91 Å². The highest BCUT2D eigenvalue weighted by atomic mass is 35.5. The molecule has 0 unspecified atom stereocenters. The molecule has 0 aromatic heterocycles. The summed E-state index contributed by atoms with van der Waals surface area (Å²) in [4.78, 5) is 17.9. The number of hydrazone groups is 1. The number of carbonyl (C=O) groups excluding carboxylic acids is 1. The zero-order valence-corrected chi connectivity index (χ0v) is 16.6. The van der Waals surface area contributed by atoms with Crippen LogP contribution in [0.15, 0.2) is 29.4 Å². The second-order valence-electron chi connectivity index (χ2n) is 7.78. The highest BCUT2D eigenvalue weighted by Crippen LogP contribution is 2.48. The average molecular weight is 391 g/mol. The van der Waals surface area contributed by atoms with Gasteiger partial charge >= 0.3 is 0 Å². The van der Waals surface area contributed by atoms with Crippen molar-refractivity contribution in [1.29, 1.82) is 0 Å². The molecule has 1 amide bonds. The Hall–Kier alpha value is -1.63. The van der Waals surface area contributed by atoms with Gasteiger partial charge in [-0.15, -0.1) is 5.10 Å². The summed E-state index contributed by atoms with van der Waals surface area (Å²) >= 11 is 6.09. The van der Waals surface area contributed by atoms with Gasteiger partial charge in [-0.2, -0.15) is 5.01 Å². The van der Waals surface area contributed by atoms with Crippen molar-refractivity contribution in [2.45, 2.75) is 25.7 Å². The van der Waals surface area contributed by atoms with Crippen LogP contribution < -0.4 is 5.01 Å². The second kappa shape index (κ2) is 7.78. The van der Waals surface area contributed by atoms with Crippen molar-refractivity contribution in [2.24, 2.45) is 10.5 Å². The number of carbonyl (C=O) groups is 1. The molecule has 3 aliphatic rings. The molecule has 6 nitrogen and oxygen atoms in total. The summed E-state index contributed by atoms with van der Waals surface area (Å²) in [5, 5.41) is 6.62. The minimum absolute atomic E-state index is 0.0186. The number of amides is 1. The zero-order valence-electron chi connectivity index (χ0n) is 15.9. The van der Waals surface area contributed by atoms with E-state index in [2.05, 4.69) is 21.9 Å². The lowest BCUT2D eigenvalue weighted by molar-refractivity contribution is -0.127. The van der Waals surface area contributed by atoms with Crippen molar-refractivity contribution in [1.82, 2.24) is 9.80 Å². The van der Waals surface area contributed by atoms with Gasteiger partial charge in [0.2, 0.25) is 5.90 Å². The average Bonchev–Trinajstić information content (AvgIpc) is 2.93. The van der Waals surface area contributed by atoms with E-state index < -0.39 is 5.41 Å². The number of hydrogen-bond donors (Lipinski definition) is 0. The first-order valence-electron chi connectivity index (χ1n) is 9.81. The molecule has 1 aliphatic carbocycles. The fourth-order valence-electron chi connectivity index (χ4n) is 3.96. The summed E-state index contributed by atoms with van der Waals surface area (Å²) < 4.78 is 6.04. The maximum absolute atomic E-state index is 13.0. The molecule has 27 heavy (non-hydrogen) atoms. The highest BCUT2D eigenvalue weighted by molar-refractivity contribution is 6.31. The van der Waals surface area contributed by atoms with Crippen LogP contribution in [-0.2, 0) is 9.53 Å². The van der Waals surface area contributed by atoms with Crippen LogP contribution in [0.3, 0.4) is 0 Å². The zero-order chi connectivity index (χ0) is 18.9. The smallest absolute Gasteiger partial charge is 0.263 e. The molecule has 1 aromatic carbocycles. The SMILES string of the molecule is CN1CCN(CCCOC2=NN(c3cccc(Cl)c3)C(=O)C23CCC3)CC1. The van der Waals surface area contributed by atoms with E-state index in [1.807, 2.05) is 12.1 Å². The summed E-state index contributed by atoms with van der Waals surface area (Å²) in [5.41, 5.74) is 0.158. The Morgan fingerprint density at radius 1 is 1.22 bits per heavy atom. The molecule has 1 spiro atoms. The van der Waals surface area contributed by atoms with Crippen molar-refractivity contribution >= 4 is 29.1 Å². The van der Waals surface area contributed by atoms with Crippen LogP contribution in [0.1, 0.15) is 25.7 Å². The lowest BCUT2D eigenvalue weighted by Gasteiger charge is -2.36. The number of rotatable bonds is 5. The fourth-order valence-corrected chi connectivity index (χ4v) is 4.15. The Morgan fingerprint density at radius 3 is 2.67 bits per heavy atom. The van der Waals surface area contributed by atoms with E-state index in [9.17, 15) is 4.79 Å². The Bertz CT molecular complexity index is 726. The first kappa shape index (κ1) is 18.7. The molecule has 0 N–H and O–H groups in total. The molecule has 2 fully saturated rings. The molecular weight excluding hydrogens is 364 g/mol.